The van der Waals surface area contributed by atoms with Gasteiger partial charge in [0.15, 0.2) is 6.10 Å². The normalized spacial score (nSPS) is 12.4. The Balaban J connectivity index is 2.88. The molecular weight excluding hydrogens is 174 g/mol. The van der Waals surface area contributed by atoms with E-state index in [0.717, 1.165) is 0 Å². The van der Waals surface area contributed by atoms with Crippen LogP contribution in [-0.4, -0.2) is 22.1 Å². The molecule has 1 aromatic rings. The third kappa shape index (κ3) is 1.96. The first-order valence-electron chi connectivity index (χ1n) is 3.33. The third-order valence-electron chi connectivity index (χ3n) is 1.35. The van der Waals surface area contributed by atoms with Crippen LogP contribution in [0.15, 0.2) is 18.6 Å². The number of nitrogens with zero attached hydrogens (tertiary/aromatic N) is 2. The molecule has 0 aliphatic rings. The molecule has 12 heavy (non-hydrogen) atoms. The zero-order valence-corrected chi connectivity index (χ0v) is 7.41. The Hall–Kier alpha value is -1.07. The van der Waals surface area contributed by atoms with Crippen LogP contribution >= 0.6 is 12.2 Å². The second kappa shape index (κ2) is 4.08. The van der Waals surface area contributed by atoms with Crippen molar-refractivity contribution in [3.8, 4) is 0 Å². The molecule has 1 unspecified atom stereocenters. The Morgan fingerprint density at radius 3 is 2.83 bits per heavy atom. The molecule has 0 bridgehead atoms. The van der Waals surface area contributed by atoms with Crippen molar-refractivity contribution in [3.05, 3.63) is 24.3 Å². The molecule has 0 aliphatic heterocycles. The number of rotatable bonds is 3. The van der Waals surface area contributed by atoms with Crippen molar-refractivity contribution in [2.75, 3.05) is 7.11 Å². The molecule has 0 fully saturated rings. The molecule has 2 N–H and O–H groups in total. The summed E-state index contributed by atoms with van der Waals surface area (Å²) >= 11 is 4.78. The Labute approximate surface area is 75.8 Å². The Morgan fingerprint density at radius 1 is 1.67 bits per heavy atom. The van der Waals surface area contributed by atoms with Crippen molar-refractivity contribution < 1.29 is 4.74 Å². The number of aromatic nitrogens is 2. The first-order chi connectivity index (χ1) is 5.75. The molecule has 1 atom stereocenters. The van der Waals surface area contributed by atoms with Gasteiger partial charge in [-0.3, -0.25) is 9.97 Å². The van der Waals surface area contributed by atoms with Gasteiger partial charge in [0.2, 0.25) is 0 Å². The third-order valence-corrected chi connectivity index (χ3v) is 1.56. The fourth-order valence-corrected chi connectivity index (χ4v) is 1.05. The molecule has 1 aromatic heterocycles. The highest BCUT2D eigenvalue weighted by molar-refractivity contribution is 7.80. The lowest BCUT2D eigenvalue weighted by Gasteiger charge is -2.11. The molecule has 4 nitrogen and oxygen atoms in total. The van der Waals surface area contributed by atoms with Gasteiger partial charge in [0.1, 0.15) is 4.99 Å². The summed E-state index contributed by atoms with van der Waals surface area (Å²) in [6.45, 7) is 0. The number of nitrogens with two attached hydrogens (primary N) is 1. The Kier molecular flexibility index (Phi) is 3.07. The van der Waals surface area contributed by atoms with Crippen molar-refractivity contribution in [2.24, 2.45) is 5.73 Å². The minimum Gasteiger partial charge on any atom is -0.391 e. The van der Waals surface area contributed by atoms with E-state index in [2.05, 4.69) is 9.97 Å². The minimum absolute atomic E-state index is 0.262. The first kappa shape index (κ1) is 9.02. The standard InChI is InChI=1S/C7H9N3OS/c1-11-6(7(8)12)5-4-9-2-3-10-5/h2-4,6H,1H3,(H2,8,12). The van der Waals surface area contributed by atoms with Gasteiger partial charge in [-0.1, -0.05) is 12.2 Å². The van der Waals surface area contributed by atoms with Crippen LogP contribution in [0.25, 0.3) is 0 Å². The molecule has 1 rings (SSSR count). The topological polar surface area (TPSA) is 61.0 Å². The molecule has 0 aromatic carbocycles. The maximum Gasteiger partial charge on any atom is 0.150 e. The molecule has 0 amide bonds. The van der Waals surface area contributed by atoms with Crippen molar-refractivity contribution in [3.63, 3.8) is 0 Å². The molecule has 0 saturated carbocycles. The predicted molar refractivity (Wildman–Crippen MR) is 48.6 cm³/mol. The molecule has 1 heterocycles. The summed E-state index contributed by atoms with van der Waals surface area (Å²) < 4.78 is 5.03. The maximum atomic E-state index is 5.42. The van der Waals surface area contributed by atoms with Crippen LogP contribution in [0.4, 0.5) is 0 Å². The van der Waals surface area contributed by atoms with Gasteiger partial charge in [-0.15, -0.1) is 0 Å². The molecule has 0 spiro atoms. The first-order valence-corrected chi connectivity index (χ1v) is 3.74. The zero-order chi connectivity index (χ0) is 8.97. The molecule has 0 aliphatic carbocycles. The fraction of sp³-hybridized carbons (Fsp3) is 0.286. The van der Waals surface area contributed by atoms with Crippen molar-refractivity contribution in [1.82, 2.24) is 9.97 Å². The van der Waals surface area contributed by atoms with Gasteiger partial charge in [-0.25, -0.2) is 0 Å². The van der Waals surface area contributed by atoms with E-state index in [0.29, 0.717) is 5.69 Å². The fourth-order valence-electron chi connectivity index (χ4n) is 0.829. The highest BCUT2D eigenvalue weighted by Gasteiger charge is 2.14. The number of hydrogen-bond donors (Lipinski definition) is 1. The second-order valence-electron chi connectivity index (χ2n) is 2.15. The van der Waals surface area contributed by atoms with E-state index in [1.807, 2.05) is 0 Å². The molecule has 64 valence electrons. The smallest absolute Gasteiger partial charge is 0.150 e. The van der Waals surface area contributed by atoms with Gasteiger partial charge in [0.25, 0.3) is 0 Å². The highest BCUT2D eigenvalue weighted by Crippen LogP contribution is 2.11. The van der Waals surface area contributed by atoms with Crippen molar-refractivity contribution in [2.45, 2.75) is 6.10 Å². The number of methoxy groups -OCH3 is 1. The number of ether oxygens (including phenoxy) is 1. The van der Waals surface area contributed by atoms with Crippen molar-refractivity contribution in [1.29, 1.82) is 0 Å². The van der Waals surface area contributed by atoms with Crippen LogP contribution in [0.1, 0.15) is 11.8 Å². The summed E-state index contributed by atoms with van der Waals surface area (Å²) in [6, 6.07) is 0. The number of thiocarbonyl (C=S) groups is 1. The average molecular weight is 183 g/mol. The van der Waals surface area contributed by atoms with E-state index < -0.39 is 6.10 Å². The highest BCUT2D eigenvalue weighted by atomic mass is 32.1. The van der Waals surface area contributed by atoms with E-state index in [4.69, 9.17) is 22.7 Å². The largest absolute Gasteiger partial charge is 0.391 e. The van der Waals surface area contributed by atoms with Crippen molar-refractivity contribution >= 4 is 17.2 Å². The molecule has 0 saturated heterocycles. The van der Waals surface area contributed by atoms with E-state index in [1.165, 1.54) is 7.11 Å². The van der Waals surface area contributed by atoms with E-state index in [9.17, 15) is 0 Å². The van der Waals surface area contributed by atoms with Gasteiger partial charge in [-0.05, 0) is 0 Å². The monoisotopic (exact) mass is 183 g/mol. The zero-order valence-electron chi connectivity index (χ0n) is 6.60. The van der Waals surface area contributed by atoms with Gasteiger partial charge >= 0.3 is 0 Å². The molecule has 0 radical (unpaired) electrons. The summed E-state index contributed by atoms with van der Waals surface area (Å²) in [4.78, 5) is 8.16. The van der Waals surface area contributed by atoms with Crippen LogP contribution < -0.4 is 5.73 Å². The molecule has 5 heteroatoms. The maximum absolute atomic E-state index is 5.42. The number of hydrogen-bond acceptors (Lipinski definition) is 4. The van der Waals surface area contributed by atoms with Crippen LogP contribution in [0.5, 0.6) is 0 Å². The summed E-state index contributed by atoms with van der Waals surface area (Å²) in [6.07, 6.45) is 4.29. The lowest BCUT2D eigenvalue weighted by molar-refractivity contribution is 0.155. The van der Waals surface area contributed by atoms with Gasteiger partial charge in [0, 0.05) is 19.5 Å². The lowest BCUT2D eigenvalue weighted by Crippen LogP contribution is -2.21. The summed E-state index contributed by atoms with van der Waals surface area (Å²) in [7, 11) is 1.53. The Bertz CT molecular complexity index is 265. The van der Waals surface area contributed by atoms with E-state index in [1.54, 1.807) is 18.6 Å². The second-order valence-corrected chi connectivity index (χ2v) is 2.62. The quantitative estimate of drug-likeness (QED) is 0.689. The van der Waals surface area contributed by atoms with Crippen LogP contribution in [0.2, 0.25) is 0 Å². The van der Waals surface area contributed by atoms with Crippen LogP contribution in [0, 0.1) is 0 Å². The summed E-state index contributed by atoms with van der Waals surface area (Å²) in [5, 5.41) is 0. The van der Waals surface area contributed by atoms with E-state index in [-0.39, 0.29) is 4.99 Å². The van der Waals surface area contributed by atoms with Gasteiger partial charge in [-0.2, -0.15) is 0 Å². The predicted octanol–water partition coefficient (Wildman–Crippen LogP) is 0.450. The van der Waals surface area contributed by atoms with Gasteiger partial charge in [0.05, 0.1) is 11.9 Å². The Morgan fingerprint density at radius 2 is 2.42 bits per heavy atom. The van der Waals surface area contributed by atoms with Crippen LogP contribution in [0.3, 0.4) is 0 Å². The summed E-state index contributed by atoms with van der Waals surface area (Å²) in [5.74, 6) is 0. The van der Waals surface area contributed by atoms with Crippen LogP contribution in [-0.2, 0) is 4.74 Å². The summed E-state index contributed by atoms with van der Waals surface area (Å²) in [5.41, 5.74) is 6.05. The minimum atomic E-state index is -0.436. The SMILES string of the molecule is COC(C(N)=S)c1cnccn1. The lowest BCUT2D eigenvalue weighted by atomic mass is 10.2. The van der Waals surface area contributed by atoms with Gasteiger partial charge < -0.3 is 10.5 Å². The average Bonchev–Trinajstić information content (AvgIpc) is 2.07. The van der Waals surface area contributed by atoms with E-state index >= 15 is 0 Å². The molecular formula is C7H9N3OS.